The molecule has 2 N–H and O–H groups in total. The molecule has 0 spiro atoms. The van der Waals surface area contributed by atoms with Crippen LogP contribution in [0.4, 0.5) is 10.1 Å². The van der Waals surface area contributed by atoms with Crippen LogP contribution in [-0.2, 0) is 9.53 Å². The van der Waals surface area contributed by atoms with Crippen molar-refractivity contribution < 1.29 is 23.5 Å². The van der Waals surface area contributed by atoms with Gasteiger partial charge in [0.05, 0.1) is 12.7 Å². The van der Waals surface area contributed by atoms with Crippen molar-refractivity contribution in [2.75, 3.05) is 19.0 Å². The number of benzene rings is 1. The lowest BCUT2D eigenvalue weighted by atomic mass is 10.1. The number of aromatic nitrogens is 1. The fourth-order valence-electron chi connectivity index (χ4n) is 1.86. The molecule has 7 nitrogen and oxygen atoms in total. The Balaban J connectivity index is 2.11. The van der Waals surface area contributed by atoms with Crippen LogP contribution < -0.4 is 10.6 Å². The molecule has 0 unspecified atom stereocenters. The number of esters is 1. The Bertz CT molecular complexity index is 829. The summed E-state index contributed by atoms with van der Waals surface area (Å²) in [6, 6.07) is 7.11. The van der Waals surface area contributed by atoms with Crippen molar-refractivity contribution >= 4 is 35.1 Å². The molecular formula is C16H13ClFN3O4. The van der Waals surface area contributed by atoms with Crippen LogP contribution in [0.25, 0.3) is 0 Å². The second kappa shape index (κ2) is 8.20. The molecule has 2 aromatic rings. The molecule has 1 aromatic heterocycles. The van der Waals surface area contributed by atoms with Gasteiger partial charge in [0.2, 0.25) is 0 Å². The van der Waals surface area contributed by atoms with Gasteiger partial charge in [0, 0.05) is 17.4 Å². The average molecular weight is 366 g/mol. The van der Waals surface area contributed by atoms with E-state index in [9.17, 15) is 18.8 Å². The first-order valence-corrected chi connectivity index (χ1v) is 7.36. The number of methoxy groups -OCH3 is 1. The lowest BCUT2D eigenvalue weighted by Crippen LogP contribution is -2.30. The number of halogens is 2. The smallest absolute Gasteiger partial charge is 0.325 e. The quantitative estimate of drug-likeness (QED) is 0.624. The van der Waals surface area contributed by atoms with Crippen molar-refractivity contribution in [2.45, 2.75) is 0 Å². The van der Waals surface area contributed by atoms with Gasteiger partial charge >= 0.3 is 5.97 Å². The van der Waals surface area contributed by atoms with Crippen molar-refractivity contribution in [1.29, 1.82) is 0 Å². The van der Waals surface area contributed by atoms with Crippen LogP contribution in [0.1, 0.15) is 20.7 Å². The molecule has 2 amide bonds. The molecule has 0 radical (unpaired) electrons. The standard InChI is InChI=1S/C16H13ClFN3O4/c1-25-12(22)8-20-15(23)9-3-2-4-10(7-9)21-16(24)11-5-6-19-14(17)13(11)18/h2-7H,8H2,1H3,(H,20,23)(H,21,24). The monoisotopic (exact) mass is 365 g/mol. The second-order valence-electron chi connectivity index (χ2n) is 4.76. The number of pyridine rings is 1. The predicted octanol–water partition coefficient (Wildman–Crippen LogP) is 2.03. The van der Waals surface area contributed by atoms with Crippen LogP contribution in [0, 0.1) is 5.82 Å². The minimum absolute atomic E-state index is 0.204. The average Bonchev–Trinajstić information content (AvgIpc) is 2.61. The van der Waals surface area contributed by atoms with Gasteiger partial charge in [-0.25, -0.2) is 9.37 Å². The molecule has 0 aliphatic rings. The largest absolute Gasteiger partial charge is 0.468 e. The van der Waals surface area contributed by atoms with E-state index in [1.165, 1.54) is 43.6 Å². The van der Waals surface area contributed by atoms with Crippen LogP contribution >= 0.6 is 11.6 Å². The normalized spacial score (nSPS) is 10.0. The Labute approximate surface area is 147 Å². The molecule has 0 fully saturated rings. The summed E-state index contributed by atoms with van der Waals surface area (Å²) >= 11 is 5.54. The predicted molar refractivity (Wildman–Crippen MR) is 87.9 cm³/mol. The minimum Gasteiger partial charge on any atom is -0.468 e. The van der Waals surface area contributed by atoms with Crippen LogP contribution in [0.3, 0.4) is 0 Å². The lowest BCUT2D eigenvalue weighted by molar-refractivity contribution is -0.139. The Hall–Kier alpha value is -3.00. The fraction of sp³-hybridized carbons (Fsp3) is 0.125. The highest BCUT2D eigenvalue weighted by Crippen LogP contribution is 2.17. The summed E-state index contributed by atoms with van der Waals surface area (Å²) in [5.41, 5.74) is 0.193. The van der Waals surface area contributed by atoms with E-state index < -0.39 is 28.8 Å². The minimum atomic E-state index is -0.936. The number of carbonyl (C=O) groups is 3. The number of rotatable bonds is 5. The summed E-state index contributed by atoms with van der Waals surface area (Å²) < 4.78 is 18.2. The van der Waals surface area contributed by atoms with Gasteiger partial charge in [0.15, 0.2) is 11.0 Å². The molecular weight excluding hydrogens is 353 g/mol. The molecule has 0 saturated heterocycles. The van der Waals surface area contributed by atoms with Gasteiger partial charge in [-0.2, -0.15) is 0 Å². The zero-order valence-corrected chi connectivity index (χ0v) is 13.8. The van der Waals surface area contributed by atoms with Gasteiger partial charge in [0.1, 0.15) is 6.54 Å². The van der Waals surface area contributed by atoms with Crippen molar-refractivity contribution in [2.24, 2.45) is 0 Å². The van der Waals surface area contributed by atoms with E-state index in [1.54, 1.807) is 0 Å². The summed E-state index contributed by atoms with van der Waals surface area (Å²) in [6.45, 7) is -0.285. The van der Waals surface area contributed by atoms with Crippen molar-refractivity contribution in [3.8, 4) is 0 Å². The van der Waals surface area contributed by atoms with Crippen LogP contribution in [0.5, 0.6) is 0 Å². The van der Waals surface area contributed by atoms with Gasteiger partial charge in [-0.3, -0.25) is 14.4 Å². The molecule has 25 heavy (non-hydrogen) atoms. The fourth-order valence-corrected chi connectivity index (χ4v) is 2.02. The van der Waals surface area contributed by atoms with Crippen molar-refractivity contribution in [3.63, 3.8) is 0 Å². The summed E-state index contributed by atoms with van der Waals surface area (Å²) in [5.74, 6) is -2.80. The second-order valence-corrected chi connectivity index (χ2v) is 5.12. The summed E-state index contributed by atoms with van der Waals surface area (Å²) in [7, 11) is 1.20. The number of hydrogen-bond donors (Lipinski definition) is 2. The molecule has 0 saturated carbocycles. The molecule has 2 rings (SSSR count). The van der Waals surface area contributed by atoms with Crippen molar-refractivity contribution in [3.05, 3.63) is 58.6 Å². The topological polar surface area (TPSA) is 97.4 Å². The van der Waals surface area contributed by atoms with Crippen LogP contribution in [0.2, 0.25) is 5.15 Å². The van der Waals surface area contributed by atoms with E-state index in [1.807, 2.05) is 0 Å². The number of anilines is 1. The lowest BCUT2D eigenvalue weighted by Gasteiger charge is -2.09. The maximum atomic E-state index is 13.8. The number of nitrogens with one attached hydrogen (secondary N) is 2. The molecule has 1 heterocycles. The maximum Gasteiger partial charge on any atom is 0.325 e. The number of amides is 2. The Morgan fingerprint density at radius 2 is 2.00 bits per heavy atom. The summed E-state index contributed by atoms with van der Waals surface area (Å²) in [6.07, 6.45) is 1.21. The van der Waals surface area contributed by atoms with Gasteiger partial charge in [-0.1, -0.05) is 17.7 Å². The molecule has 0 aliphatic heterocycles. The maximum absolute atomic E-state index is 13.8. The van der Waals surface area contributed by atoms with Gasteiger partial charge < -0.3 is 15.4 Å². The van der Waals surface area contributed by atoms with E-state index in [0.717, 1.165) is 0 Å². The van der Waals surface area contributed by atoms with E-state index >= 15 is 0 Å². The number of hydrogen-bond acceptors (Lipinski definition) is 5. The molecule has 0 bridgehead atoms. The summed E-state index contributed by atoms with van der Waals surface area (Å²) in [4.78, 5) is 38.6. The van der Waals surface area contributed by atoms with Gasteiger partial charge in [-0.15, -0.1) is 0 Å². The third-order valence-electron chi connectivity index (χ3n) is 3.09. The van der Waals surface area contributed by atoms with Gasteiger partial charge in [0.25, 0.3) is 11.8 Å². The highest BCUT2D eigenvalue weighted by Gasteiger charge is 2.16. The van der Waals surface area contributed by atoms with Crippen LogP contribution in [0.15, 0.2) is 36.5 Å². The number of nitrogens with zero attached hydrogens (tertiary/aromatic N) is 1. The molecule has 9 heteroatoms. The van der Waals surface area contributed by atoms with E-state index in [4.69, 9.17) is 11.6 Å². The SMILES string of the molecule is COC(=O)CNC(=O)c1cccc(NC(=O)c2ccnc(Cl)c2F)c1. The third-order valence-corrected chi connectivity index (χ3v) is 3.36. The highest BCUT2D eigenvalue weighted by atomic mass is 35.5. The first kappa shape index (κ1) is 18.3. The van der Waals surface area contributed by atoms with Crippen LogP contribution in [-0.4, -0.2) is 36.4 Å². The first-order valence-electron chi connectivity index (χ1n) is 6.98. The Kier molecular flexibility index (Phi) is 6.02. The molecule has 130 valence electrons. The first-order chi connectivity index (χ1) is 11.9. The molecule has 0 atom stereocenters. The van der Waals surface area contributed by atoms with E-state index in [-0.39, 0.29) is 23.4 Å². The van der Waals surface area contributed by atoms with Crippen molar-refractivity contribution in [1.82, 2.24) is 10.3 Å². The highest BCUT2D eigenvalue weighted by molar-refractivity contribution is 6.30. The Morgan fingerprint density at radius 3 is 2.72 bits per heavy atom. The van der Waals surface area contributed by atoms with E-state index in [2.05, 4.69) is 20.4 Å². The van der Waals surface area contributed by atoms with Gasteiger partial charge in [-0.05, 0) is 24.3 Å². The zero-order valence-electron chi connectivity index (χ0n) is 13.0. The molecule has 0 aliphatic carbocycles. The zero-order chi connectivity index (χ0) is 18.4. The number of carbonyl (C=O) groups excluding carboxylic acids is 3. The Morgan fingerprint density at radius 1 is 1.24 bits per heavy atom. The molecule has 1 aromatic carbocycles. The van der Waals surface area contributed by atoms with E-state index in [0.29, 0.717) is 0 Å². The number of ether oxygens (including phenoxy) is 1. The third kappa shape index (κ3) is 4.74. The summed E-state index contributed by atoms with van der Waals surface area (Å²) in [5, 5.41) is 4.41.